The maximum Gasteiger partial charge on any atom is 0.278 e. The second-order valence-electron chi connectivity index (χ2n) is 6.22. The first-order valence-electron chi connectivity index (χ1n) is 9.28. The zero-order valence-corrected chi connectivity index (χ0v) is 16.1. The number of amides is 1. The van der Waals surface area contributed by atoms with Gasteiger partial charge in [-0.3, -0.25) is 4.79 Å². The van der Waals surface area contributed by atoms with Crippen LogP contribution in [0.4, 0.5) is 11.5 Å². The number of carbonyl (C=O) groups excluding carboxylic acids is 1. The van der Waals surface area contributed by atoms with Crippen molar-refractivity contribution in [3.05, 3.63) is 78.0 Å². The van der Waals surface area contributed by atoms with Crippen LogP contribution in [0.1, 0.15) is 23.0 Å². The van der Waals surface area contributed by atoms with Crippen LogP contribution in [0.25, 0.3) is 0 Å². The first-order chi connectivity index (χ1) is 13.7. The molecule has 28 heavy (non-hydrogen) atoms. The van der Waals surface area contributed by atoms with Crippen LogP contribution >= 0.6 is 0 Å². The minimum Gasteiger partial charge on any atom is -0.497 e. The number of hydrogen-bond donors (Lipinski definition) is 1. The number of ether oxygens (including phenoxy) is 1. The van der Waals surface area contributed by atoms with E-state index >= 15 is 0 Å². The number of para-hydroxylation sites is 1. The third kappa shape index (κ3) is 4.85. The molecular formula is C22H24N4O2. The fourth-order valence-electron chi connectivity index (χ4n) is 2.89. The Hall–Kier alpha value is -3.41. The first kappa shape index (κ1) is 19.4. The minimum atomic E-state index is -0.163. The molecule has 3 rings (SSSR count). The molecule has 0 aliphatic carbocycles. The molecule has 0 atom stereocenters. The number of hydrogen-bond acceptors (Lipinski definition) is 5. The highest BCUT2D eigenvalue weighted by atomic mass is 16.5. The Morgan fingerprint density at radius 1 is 1.04 bits per heavy atom. The van der Waals surface area contributed by atoms with E-state index in [1.54, 1.807) is 24.1 Å². The molecule has 0 fully saturated rings. The molecule has 0 bridgehead atoms. The van der Waals surface area contributed by atoms with E-state index in [1.807, 2.05) is 55.5 Å². The number of anilines is 2. The molecule has 1 aromatic heterocycles. The quantitative estimate of drug-likeness (QED) is 0.648. The summed E-state index contributed by atoms with van der Waals surface area (Å²) in [6.07, 6.45) is 0.831. The average molecular weight is 376 g/mol. The highest BCUT2D eigenvalue weighted by Crippen LogP contribution is 2.16. The number of rotatable bonds is 8. The summed E-state index contributed by atoms with van der Waals surface area (Å²) < 4.78 is 5.24. The standard InChI is InChI=1S/C22H24N4O2/c1-3-26(18-9-5-4-6-10-18)22(27)20-12-13-21(25-24-20)23-15-14-17-8-7-11-19(16-17)28-2/h4-13,16H,3,14-15H2,1-2H3,(H,23,25). The van der Waals surface area contributed by atoms with Gasteiger partial charge in [-0.2, -0.15) is 0 Å². The summed E-state index contributed by atoms with van der Waals surface area (Å²) >= 11 is 0. The van der Waals surface area contributed by atoms with Crippen molar-refractivity contribution in [3.63, 3.8) is 0 Å². The molecule has 0 radical (unpaired) electrons. The van der Waals surface area contributed by atoms with Gasteiger partial charge in [0.15, 0.2) is 5.69 Å². The van der Waals surface area contributed by atoms with E-state index in [-0.39, 0.29) is 5.91 Å². The van der Waals surface area contributed by atoms with Crippen molar-refractivity contribution in [3.8, 4) is 5.75 Å². The number of methoxy groups -OCH3 is 1. The van der Waals surface area contributed by atoms with Crippen LogP contribution in [-0.4, -0.2) is 36.3 Å². The molecule has 144 valence electrons. The van der Waals surface area contributed by atoms with Crippen molar-refractivity contribution in [2.75, 3.05) is 30.4 Å². The van der Waals surface area contributed by atoms with Crippen molar-refractivity contribution in [2.45, 2.75) is 13.3 Å². The van der Waals surface area contributed by atoms with Crippen molar-refractivity contribution in [1.29, 1.82) is 0 Å². The molecule has 0 spiro atoms. The van der Waals surface area contributed by atoms with Gasteiger partial charge < -0.3 is 15.0 Å². The Morgan fingerprint density at radius 2 is 1.86 bits per heavy atom. The van der Waals surface area contributed by atoms with Crippen LogP contribution in [0.5, 0.6) is 5.75 Å². The third-order valence-electron chi connectivity index (χ3n) is 4.37. The number of aromatic nitrogens is 2. The Morgan fingerprint density at radius 3 is 2.54 bits per heavy atom. The van der Waals surface area contributed by atoms with Gasteiger partial charge in [-0.15, -0.1) is 10.2 Å². The van der Waals surface area contributed by atoms with Gasteiger partial charge in [-0.05, 0) is 55.3 Å². The largest absolute Gasteiger partial charge is 0.497 e. The van der Waals surface area contributed by atoms with Crippen LogP contribution < -0.4 is 15.0 Å². The van der Waals surface area contributed by atoms with E-state index in [0.717, 1.165) is 17.9 Å². The van der Waals surface area contributed by atoms with Crippen LogP contribution in [0.3, 0.4) is 0 Å². The first-order valence-corrected chi connectivity index (χ1v) is 9.28. The van der Waals surface area contributed by atoms with Gasteiger partial charge in [0, 0.05) is 18.8 Å². The Balaban J connectivity index is 1.59. The molecule has 6 nitrogen and oxygen atoms in total. The van der Waals surface area contributed by atoms with E-state index < -0.39 is 0 Å². The lowest BCUT2D eigenvalue weighted by Gasteiger charge is -2.20. The summed E-state index contributed by atoms with van der Waals surface area (Å²) in [6.45, 7) is 3.21. The van der Waals surface area contributed by atoms with Crippen molar-refractivity contribution >= 4 is 17.4 Å². The Bertz CT molecular complexity index is 898. The van der Waals surface area contributed by atoms with Gasteiger partial charge in [0.2, 0.25) is 0 Å². The van der Waals surface area contributed by atoms with Gasteiger partial charge in [0.1, 0.15) is 11.6 Å². The minimum absolute atomic E-state index is 0.163. The molecule has 3 aromatic rings. The molecule has 2 aromatic carbocycles. The van der Waals surface area contributed by atoms with Crippen LogP contribution in [-0.2, 0) is 6.42 Å². The fraction of sp³-hybridized carbons (Fsp3) is 0.227. The predicted molar refractivity (Wildman–Crippen MR) is 111 cm³/mol. The lowest BCUT2D eigenvalue weighted by molar-refractivity contribution is 0.0982. The van der Waals surface area contributed by atoms with Gasteiger partial charge >= 0.3 is 0 Å². The molecule has 0 aliphatic heterocycles. The normalized spacial score (nSPS) is 10.4. The maximum absolute atomic E-state index is 12.7. The molecule has 0 aliphatic rings. The summed E-state index contributed by atoms with van der Waals surface area (Å²) in [5.41, 5.74) is 2.34. The summed E-state index contributed by atoms with van der Waals surface area (Å²) in [5, 5.41) is 11.5. The molecule has 1 amide bonds. The van der Waals surface area contributed by atoms with Gasteiger partial charge in [-0.1, -0.05) is 30.3 Å². The molecule has 1 N–H and O–H groups in total. The van der Waals surface area contributed by atoms with Gasteiger partial charge in [-0.25, -0.2) is 0 Å². The van der Waals surface area contributed by atoms with Gasteiger partial charge in [0.05, 0.1) is 7.11 Å². The summed E-state index contributed by atoms with van der Waals surface area (Å²) in [5.74, 6) is 1.32. The maximum atomic E-state index is 12.7. The summed E-state index contributed by atoms with van der Waals surface area (Å²) in [4.78, 5) is 14.4. The summed E-state index contributed by atoms with van der Waals surface area (Å²) in [7, 11) is 1.66. The van der Waals surface area contributed by atoms with E-state index in [1.165, 1.54) is 5.56 Å². The Kier molecular flexibility index (Phi) is 6.57. The number of benzene rings is 2. The molecule has 0 saturated heterocycles. The van der Waals surface area contributed by atoms with Crippen LogP contribution in [0, 0.1) is 0 Å². The fourth-order valence-corrected chi connectivity index (χ4v) is 2.89. The van der Waals surface area contributed by atoms with E-state index in [2.05, 4.69) is 21.6 Å². The zero-order valence-electron chi connectivity index (χ0n) is 16.1. The lowest BCUT2D eigenvalue weighted by atomic mass is 10.1. The molecule has 0 saturated carbocycles. The van der Waals surface area contributed by atoms with Crippen molar-refractivity contribution in [2.24, 2.45) is 0 Å². The van der Waals surface area contributed by atoms with Gasteiger partial charge in [0.25, 0.3) is 5.91 Å². The topological polar surface area (TPSA) is 67.4 Å². The smallest absolute Gasteiger partial charge is 0.278 e. The highest BCUT2D eigenvalue weighted by Gasteiger charge is 2.17. The Labute approximate surface area is 165 Å². The molecule has 1 heterocycles. The monoisotopic (exact) mass is 376 g/mol. The second kappa shape index (κ2) is 9.50. The number of nitrogens with zero attached hydrogens (tertiary/aromatic N) is 3. The van der Waals surface area contributed by atoms with E-state index in [0.29, 0.717) is 24.6 Å². The third-order valence-corrected chi connectivity index (χ3v) is 4.37. The van der Waals surface area contributed by atoms with Crippen molar-refractivity contribution < 1.29 is 9.53 Å². The highest BCUT2D eigenvalue weighted by molar-refractivity contribution is 6.04. The number of carbonyl (C=O) groups is 1. The van der Waals surface area contributed by atoms with E-state index in [9.17, 15) is 4.79 Å². The molecule has 0 unspecified atom stereocenters. The number of nitrogens with one attached hydrogen (secondary N) is 1. The second-order valence-corrected chi connectivity index (χ2v) is 6.22. The van der Waals surface area contributed by atoms with Crippen LogP contribution in [0.15, 0.2) is 66.7 Å². The predicted octanol–water partition coefficient (Wildman–Crippen LogP) is 3.81. The van der Waals surface area contributed by atoms with E-state index in [4.69, 9.17) is 4.74 Å². The average Bonchev–Trinajstić information content (AvgIpc) is 2.75. The van der Waals surface area contributed by atoms with Crippen LogP contribution in [0.2, 0.25) is 0 Å². The molecule has 6 heteroatoms. The lowest BCUT2D eigenvalue weighted by Crippen LogP contribution is -2.31. The van der Waals surface area contributed by atoms with Crippen molar-refractivity contribution in [1.82, 2.24) is 10.2 Å². The summed E-state index contributed by atoms with van der Waals surface area (Å²) in [6, 6.07) is 21.0. The molecular weight excluding hydrogens is 352 g/mol. The zero-order chi connectivity index (χ0) is 19.8. The SMILES string of the molecule is CCN(C(=O)c1ccc(NCCc2cccc(OC)c2)nn1)c1ccccc1.